The molecule has 118 valence electrons. The number of nitrogens with zero attached hydrogens (tertiary/aromatic N) is 4. The van der Waals surface area contributed by atoms with Gasteiger partial charge < -0.3 is 9.42 Å². The van der Waals surface area contributed by atoms with Crippen LogP contribution in [0, 0.1) is 6.92 Å². The minimum atomic E-state index is 0.486. The number of hydrogen-bond acceptors (Lipinski definition) is 5. The first kappa shape index (κ1) is 14.0. The molecule has 23 heavy (non-hydrogen) atoms. The number of anilines is 1. The Bertz CT molecular complexity index is 818. The first-order valence-corrected chi connectivity index (χ1v) is 7.86. The average Bonchev–Trinajstić information content (AvgIpc) is 3.09. The summed E-state index contributed by atoms with van der Waals surface area (Å²) in [5.41, 5.74) is 3.39. The molecule has 0 saturated heterocycles. The number of hydrogen-bond donors (Lipinski definition) is 1. The molecule has 1 aromatic carbocycles. The number of nitrogens with one attached hydrogen (secondary N) is 1. The van der Waals surface area contributed by atoms with Gasteiger partial charge in [-0.2, -0.15) is 10.1 Å². The molecule has 4 rings (SSSR count). The Morgan fingerprint density at radius 1 is 1.30 bits per heavy atom. The third-order valence-electron chi connectivity index (χ3n) is 4.18. The van der Waals surface area contributed by atoms with Gasteiger partial charge in [-0.05, 0) is 25.3 Å². The van der Waals surface area contributed by atoms with Crippen molar-refractivity contribution < 1.29 is 4.52 Å². The molecule has 0 unspecified atom stereocenters. The van der Waals surface area contributed by atoms with E-state index in [2.05, 4.69) is 39.4 Å². The molecule has 0 atom stereocenters. The Labute approximate surface area is 134 Å². The quantitative estimate of drug-likeness (QED) is 0.783. The molecule has 6 nitrogen and oxygen atoms in total. The summed E-state index contributed by atoms with van der Waals surface area (Å²) in [7, 11) is 1.98. The highest BCUT2D eigenvalue weighted by molar-refractivity contribution is 5.66. The van der Waals surface area contributed by atoms with Crippen LogP contribution in [-0.4, -0.2) is 27.4 Å². The number of aromatic amines is 1. The number of aromatic nitrogens is 4. The number of benzene rings is 1. The maximum atomic E-state index is 5.30. The van der Waals surface area contributed by atoms with Gasteiger partial charge in [0, 0.05) is 24.6 Å². The van der Waals surface area contributed by atoms with E-state index in [9.17, 15) is 0 Å². The summed E-state index contributed by atoms with van der Waals surface area (Å²) in [4.78, 5) is 6.47. The van der Waals surface area contributed by atoms with E-state index in [0.717, 1.165) is 35.8 Å². The number of H-pyrrole nitrogens is 1. The van der Waals surface area contributed by atoms with Crippen molar-refractivity contribution in [2.24, 2.45) is 0 Å². The highest BCUT2D eigenvalue weighted by Crippen LogP contribution is 2.38. The first-order valence-electron chi connectivity index (χ1n) is 7.86. The van der Waals surface area contributed by atoms with E-state index < -0.39 is 0 Å². The molecule has 6 heteroatoms. The Hall–Kier alpha value is -2.63. The topological polar surface area (TPSA) is 70.8 Å². The Morgan fingerprint density at radius 3 is 2.91 bits per heavy atom. The van der Waals surface area contributed by atoms with Crippen LogP contribution in [0.5, 0.6) is 0 Å². The lowest BCUT2D eigenvalue weighted by atomic mass is 10.1. The number of rotatable bonds is 5. The fourth-order valence-corrected chi connectivity index (χ4v) is 2.64. The van der Waals surface area contributed by atoms with E-state index in [1.807, 2.05) is 30.1 Å². The van der Waals surface area contributed by atoms with Gasteiger partial charge in [0.2, 0.25) is 5.89 Å². The van der Waals surface area contributed by atoms with Crippen LogP contribution in [0.3, 0.4) is 0 Å². The molecule has 2 heterocycles. The van der Waals surface area contributed by atoms with E-state index in [4.69, 9.17) is 4.52 Å². The Morgan fingerprint density at radius 2 is 2.13 bits per heavy atom. The molecule has 1 fully saturated rings. The Kier molecular flexibility index (Phi) is 3.37. The third-order valence-corrected chi connectivity index (χ3v) is 4.18. The van der Waals surface area contributed by atoms with Gasteiger partial charge in [0.15, 0.2) is 11.6 Å². The van der Waals surface area contributed by atoms with Gasteiger partial charge in [0.05, 0.1) is 12.2 Å². The lowest BCUT2D eigenvalue weighted by Gasteiger charge is -2.12. The molecule has 0 bridgehead atoms. The molecule has 0 aliphatic heterocycles. The molecule has 1 aliphatic carbocycles. The van der Waals surface area contributed by atoms with Crippen molar-refractivity contribution in [3.05, 3.63) is 47.6 Å². The minimum absolute atomic E-state index is 0.486. The van der Waals surface area contributed by atoms with Crippen molar-refractivity contribution in [1.29, 1.82) is 0 Å². The molecule has 0 spiro atoms. The minimum Gasteiger partial charge on any atom is -0.351 e. The van der Waals surface area contributed by atoms with Crippen LogP contribution in [-0.2, 0) is 6.54 Å². The van der Waals surface area contributed by atoms with Gasteiger partial charge in [-0.1, -0.05) is 29.4 Å². The predicted molar refractivity (Wildman–Crippen MR) is 87.1 cm³/mol. The normalized spacial score (nSPS) is 14.2. The fourth-order valence-electron chi connectivity index (χ4n) is 2.64. The summed E-state index contributed by atoms with van der Waals surface area (Å²) >= 11 is 0. The number of aryl methyl sites for hydroxylation is 1. The standard InChI is InChI=1S/C17H19N5O/c1-11-5-3-4-6-13(11)14-9-16(20-19-14)22(2)10-15-18-17(23-21-15)12-7-8-12/h3-6,9,12H,7-8,10H2,1-2H3,(H,19,20). The summed E-state index contributed by atoms with van der Waals surface area (Å²) in [6.07, 6.45) is 2.33. The maximum absolute atomic E-state index is 5.30. The summed E-state index contributed by atoms with van der Waals surface area (Å²) in [5, 5.41) is 11.6. The summed E-state index contributed by atoms with van der Waals surface area (Å²) in [6, 6.07) is 10.3. The van der Waals surface area contributed by atoms with E-state index in [1.165, 1.54) is 5.56 Å². The zero-order chi connectivity index (χ0) is 15.8. The van der Waals surface area contributed by atoms with Crippen LogP contribution in [0.1, 0.15) is 36.0 Å². The molecule has 0 radical (unpaired) electrons. The third kappa shape index (κ3) is 2.84. The molecule has 2 aromatic heterocycles. The fraction of sp³-hybridized carbons (Fsp3) is 0.353. The van der Waals surface area contributed by atoms with Crippen molar-refractivity contribution in [2.75, 3.05) is 11.9 Å². The smallest absolute Gasteiger partial charge is 0.229 e. The van der Waals surface area contributed by atoms with Crippen molar-refractivity contribution in [3.63, 3.8) is 0 Å². The van der Waals surface area contributed by atoms with Crippen LogP contribution in [0.15, 0.2) is 34.9 Å². The lowest BCUT2D eigenvalue weighted by Crippen LogP contribution is -2.17. The zero-order valence-electron chi connectivity index (χ0n) is 13.3. The zero-order valence-corrected chi connectivity index (χ0v) is 13.3. The van der Waals surface area contributed by atoms with Crippen molar-refractivity contribution in [1.82, 2.24) is 20.3 Å². The van der Waals surface area contributed by atoms with Gasteiger partial charge in [-0.3, -0.25) is 5.10 Å². The predicted octanol–water partition coefficient (Wildman–Crippen LogP) is 3.28. The lowest BCUT2D eigenvalue weighted by molar-refractivity contribution is 0.374. The van der Waals surface area contributed by atoms with Crippen LogP contribution < -0.4 is 4.90 Å². The van der Waals surface area contributed by atoms with E-state index in [-0.39, 0.29) is 0 Å². The van der Waals surface area contributed by atoms with Crippen molar-refractivity contribution in [3.8, 4) is 11.3 Å². The maximum Gasteiger partial charge on any atom is 0.229 e. The second-order valence-electron chi connectivity index (χ2n) is 6.13. The molecule has 1 aliphatic rings. The highest BCUT2D eigenvalue weighted by atomic mass is 16.5. The van der Waals surface area contributed by atoms with E-state index in [0.29, 0.717) is 18.3 Å². The average molecular weight is 309 g/mol. The Balaban J connectivity index is 1.50. The van der Waals surface area contributed by atoms with Gasteiger partial charge in [0.25, 0.3) is 0 Å². The second kappa shape index (κ2) is 5.53. The molecule has 0 amide bonds. The van der Waals surface area contributed by atoms with Crippen LogP contribution in [0.2, 0.25) is 0 Å². The van der Waals surface area contributed by atoms with Crippen LogP contribution >= 0.6 is 0 Å². The molecular formula is C17H19N5O. The van der Waals surface area contributed by atoms with Gasteiger partial charge in [0.1, 0.15) is 0 Å². The second-order valence-corrected chi connectivity index (χ2v) is 6.13. The highest BCUT2D eigenvalue weighted by Gasteiger charge is 2.29. The van der Waals surface area contributed by atoms with Crippen molar-refractivity contribution >= 4 is 5.82 Å². The molecule has 1 saturated carbocycles. The molecule has 1 N–H and O–H groups in total. The summed E-state index contributed by atoms with van der Waals surface area (Å²) in [6.45, 7) is 2.67. The van der Waals surface area contributed by atoms with Crippen LogP contribution in [0.25, 0.3) is 11.3 Å². The largest absolute Gasteiger partial charge is 0.351 e. The van der Waals surface area contributed by atoms with Gasteiger partial charge >= 0.3 is 0 Å². The molecular weight excluding hydrogens is 290 g/mol. The SMILES string of the molecule is Cc1ccccc1-c1cc(N(C)Cc2noc(C3CC3)n2)n[nH]1. The van der Waals surface area contributed by atoms with Crippen molar-refractivity contribution in [2.45, 2.75) is 32.2 Å². The van der Waals surface area contributed by atoms with Gasteiger partial charge in [-0.25, -0.2) is 0 Å². The van der Waals surface area contributed by atoms with Gasteiger partial charge in [-0.15, -0.1) is 0 Å². The first-order chi connectivity index (χ1) is 11.2. The summed E-state index contributed by atoms with van der Waals surface area (Å²) < 4.78 is 5.30. The van der Waals surface area contributed by atoms with E-state index in [1.54, 1.807) is 0 Å². The monoisotopic (exact) mass is 309 g/mol. The van der Waals surface area contributed by atoms with E-state index >= 15 is 0 Å². The summed E-state index contributed by atoms with van der Waals surface area (Å²) in [5.74, 6) is 2.83. The van der Waals surface area contributed by atoms with Crippen LogP contribution in [0.4, 0.5) is 5.82 Å². The molecule has 3 aromatic rings.